The normalized spacial score (nSPS) is 9.96. The first kappa shape index (κ1) is 20.5. The molecule has 142 valence electrons. The number of hydrogen-bond acceptors (Lipinski definition) is 6. The van der Waals surface area contributed by atoms with Crippen molar-refractivity contribution in [3.63, 3.8) is 0 Å². The van der Waals surface area contributed by atoms with Crippen molar-refractivity contribution in [2.75, 3.05) is 18.2 Å². The van der Waals surface area contributed by atoms with Gasteiger partial charge in [0.15, 0.2) is 5.11 Å². The highest BCUT2D eigenvalue weighted by Gasteiger charge is 2.12. The SMILES string of the molecule is COc1cc([N+](=O)[O-])ccc1NC(=S)NNC(=O)CSCc1ccccc1. The monoisotopic (exact) mass is 406 g/mol. The Kier molecular flexibility index (Phi) is 7.83. The first-order chi connectivity index (χ1) is 13.0. The summed E-state index contributed by atoms with van der Waals surface area (Å²) in [7, 11) is 1.40. The number of carbonyl (C=O) groups excluding carboxylic acids is 1. The van der Waals surface area contributed by atoms with Gasteiger partial charge in [0.25, 0.3) is 5.69 Å². The number of thiocarbonyl (C=S) groups is 1. The van der Waals surface area contributed by atoms with Crippen molar-refractivity contribution in [2.45, 2.75) is 5.75 Å². The van der Waals surface area contributed by atoms with E-state index in [4.69, 9.17) is 17.0 Å². The molecule has 0 aromatic heterocycles. The zero-order valence-electron chi connectivity index (χ0n) is 14.4. The number of benzene rings is 2. The molecule has 2 aromatic rings. The lowest BCUT2D eigenvalue weighted by Crippen LogP contribution is -2.44. The Morgan fingerprint density at radius 1 is 1.22 bits per heavy atom. The molecule has 10 heteroatoms. The highest BCUT2D eigenvalue weighted by Crippen LogP contribution is 2.28. The summed E-state index contributed by atoms with van der Waals surface area (Å²) in [4.78, 5) is 22.1. The number of ether oxygens (including phenoxy) is 1. The van der Waals surface area contributed by atoms with E-state index in [0.717, 1.165) is 11.3 Å². The van der Waals surface area contributed by atoms with Crippen LogP contribution in [-0.2, 0) is 10.5 Å². The third kappa shape index (κ3) is 6.76. The molecule has 0 saturated heterocycles. The van der Waals surface area contributed by atoms with Crippen molar-refractivity contribution in [2.24, 2.45) is 0 Å². The predicted octanol–water partition coefficient (Wildman–Crippen LogP) is 2.85. The number of nitro groups is 1. The number of nitro benzene ring substituents is 1. The molecule has 3 N–H and O–H groups in total. The van der Waals surface area contributed by atoms with Crippen LogP contribution in [0.15, 0.2) is 48.5 Å². The smallest absolute Gasteiger partial charge is 0.273 e. The number of hydrogen-bond donors (Lipinski definition) is 3. The van der Waals surface area contributed by atoms with Crippen molar-refractivity contribution in [3.05, 3.63) is 64.2 Å². The minimum Gasteiger partial charge on any atom is -0.494 e. The fourth-order valence-electron chi connectivity index (χ4n) is 2.05. The minimum absolute atomic E-state index is 0.0972. The van der Waals surface area contributed by atoms with Gasteiger partial charge in [-0.2, -0.15) is 0 Å². The quantitative estimate of drug-likeness (QED) is 0.366. The molecule has 2 rings (SSSR count). The third-order valence-corrected chi connectivity index (χ3v) is 4.51. The Bertz CT molecular complexity index is 818. The van der Waals surface area contributed by atoms with E-state index in [1.165, 1.54) is 37.1 Å². The largest absolute Gasteiger partial charge is 0.494 e. The van der Waals surface area contributed by atoms with Gasteiger partial charge in [-0.15, -0.1) is 11.8 Å². The van der Waals surface area contributed by atoms with Gasteiger partial charge in [0.05, 0.1) is 29.5 Å². The summed E-state index contributed by atoms with van der Waals surface area (Å²) in [6.45, 7) is 0. The van der Waals surface area contributed by atoms with Crippen LogP contribution in [0.2, 0.25) is 0 Å². The van der Waals surface area contributed by atoms with Gasteiger partial charge in [-0.1, -0.05) is 30.3 Å². The van der Waals surface area contributed by atoms with E-state index in [2.05, 4.69) is 16.2 Å². The first-order valence-electron chi connectivity index (χ1n) is 7.79. The number of anilines is 1. The molecule has 2 aromatic carbocycles. The Morgan fingerprint density at radius 2 is 1.96 bits per heavy atom. The number of thioether (sulfide) groups is 1. The number of nitrogens with zero attached hydrogens (tertiary/aromatic N) is 1. The molecule has 27 heavy (non-hydrogen) atoms. The molecule has 0 aliphatic carbocycles. The lowest BCUT2D eigenvalue weighted by Gasteiger charge is -2.13. The van der Waals surface area contributed by atoms with Gasteiger partial charge in [0, 0.05) is 11.8 Å². The average molecular weight is 406 g/mol. The lowest BCUT2D eigenvalue weighted by atomic mass is 10.2. The topological polar surface area (TPSA) is 106 Å². The number of non-ortho nitro benzene ring substituents is 1. The summed E-state index contributed by atoms with van der Waals surface area (Å²) in [5.41, 5.74) is 6.57. The Morgan fingerprint density at radius 3 is 2.63 bits per heavy atom. The van der Waals surface area contributed by atoms with Crippen LogP contribution in [0, 0.1) is 10.1 Å². The molecule has 0 atom stereocenters. The molecule has 0 aliphatic rings. The summed E-state index contributed by atoms with van der Waals surface area (Å²) < 4.78 is 5.11. The van der Waals surface area contributed by atoms with Crippen molar-refractivity contribution in [1.82, 2.24) is 10.9 Å². The van der Waals surface area contributed by atoms with E-state index in [-0.39, 0.29) is 28.2 Å². The maximum absolute atomic E-state index is 11.9. The van der Waals surface area contributed by atoms with Crippen molar-refractivity contribution in [3.8, 4) is 5.75 Å². The summed E-state index contributed by atoms with van der Waals surface area (Å²) in [6, 6.07) is 13.9. The van der Waals surface area contributed by atoms with E-state index >= 15 is 0 Å². The molecular weight excluding hydrogens is 388 g/mol. The van der Waals surface area contributed by atoms with Gasteiger partial charge in [-0.25, -0.2) is 0 Å². The van der Waals surface area contributed by atoms with Gasteiger partial charge in [0.2, 0.25) is 5.91 Å². The van der Waals surface area contributed by atoms with E-state index in [9.17, 15) is 14.9 Å². The second-order valence-electron chi connectivity index (χ2n) is 5.25. The molecule has 8 nitrogen and oxygen atoms in total. The zero-order chi connectivity index (χ0) is 19.6. The van der Waals surface area contributed by atoms with E-state index in [0.29, 0.717) is 5.69 Å². The number of hydrazine groups is 1. The summed E-state index contributed by atoms with van der Waals surface area (Å²) in [5.74, 6) is 1.04. The molecule has 0 fully saturated rings. The number of nitrogens with one attached hydrogen (secondary N) is 3. The number of methoxy groups -OCH3 is 1. The molecule has 0 bridgehead atoms. The van der Waals surface area contributed by atoms with E-state index in [1.807, 2.05) is 30.3 Å². The third-order valence-electron chi connectivity index (χ3n) is 3.30. The van der Waals surface area contributed by atoms with Crippen LogP contribution in [0.25, 0.3) is 0 Å². The fraction of sp³-hybridized carbons (Fsp3) is 0.176. The van der Waals surface area contributed by atoms with Crippen molar-refractivity contribution in [1.29, 1.82) is 0 Å². The van der Waals surface area contributed by atoms with Crippen LogP contribution in [0.1, 0.15) is 5.56 Å². The fourth-order valence-corrected chi connectivity index (χ4v) is 3.00. The second kappa shape index (κ2) is 10.3. The summed E-state index contributed by atoms with van der Waals surface area (Å²) >= 11 is 6.58. The number of amides is 1. The van der Waals surface area contributed by atoms with Crippen LogP contribution in [0.4, 0.5) is 11.4 Å². The standard InChI is InChI=1S/C17H18N4O4S2/c1-25-15-9-13(21(23)24)7-8-14(15)18-17(26)20-19-16(22)11-27-10-12-5-3-2-4-6-12/h2-9H,10-11H2,1H3,(H,19,22)(H2,18,20,26). The first-order valence-corrected chi connectivity index (χ1v) is 9.36. The Labute approximate surface area is 165 Å². The number of carbonyl (C=O) groups is 1. The zero-order valence-corrected chi connectivity index (χ0v) is 16.1. The highest BCUT2D eigenvalue weighted by molar-refractivity contribution is 7.99. The van der Waals surface area contributed by atoms with Crippen LogP contribution < -0.4 is 20.9 Å². The minimum atomic E-state index is -0.518. The van der Waals surface area contributed by atoms with Crippen molar-refractivity contribution < 1.29 is 14.5 Å². The van der Waals surface area contributed by atoms with Gasteiger partial charge < -0.3 is 10.1 Å². The Balaban J connectivity index is 1.77. The van der Waals surface area contributed by atoms with Gasteiger partial charge in [-0.05, 0) is 23.8 Å². The molecule has 0 aliphatic heterocycles. The lowest BCUT2D eigenvalue weighted by molar-refractivity contribution is -0.384. The molecule has 1 amide bonds. The maximum atomic E-state index is 11.9. The van der Waals surface area contributed by atoms with Gasteiger partial charge in [-0.3, -0.25) is 25.8 Å². The van der Waals surface area contributed by atoms with Crippen molar-refractivity contribution >= 4 is 46.4 Å². The molecule has 0 radical (unpaired) electrons. The van der Waals surface area contributed by atoms with Crippen LogP contribution in [0.3, 0.4) is 0 Å². The molecule has 0 unspecified atom stereocenters. The van der Waals surface area contributed by atoms with Gasteiger partial charge >= 0.3 is 0 Å². The Hall–Kier alpha value is -2.85. The number of rotatable bonds is 7. The van der Waals surface area contributed by atoms with E-state index in [1.54, 1.807) is 0 Å². The molecule has 0 spiro atoms. The average Bonchev–Trinajstić information content (AvgIpc) is 2.67. The predicted molar refractivity (Wildman–Crippen MR) is 110 cm³/mol. The van der Waals surface area contributed by atoms with Crippen LogP contribution in [-0.4, -0.2) is 28.8 Å². The second-order valence-corrected chi connectivity index (χ2v) is 6.64. The van der Waals surface area contributed by atoms with Crippen LogP contribution in [0.5, 0.6) is 5.75 Å². The highest BCUT2D eigenvalue weighted by atomic mass is 32.2. The maximum Gasteiger partial charge on any atom is 0.273 e. The summed E-state index contributed by atoms with van der Waals surface area (Å²) in [5, 5.41) is 13.7. The molecule has 0 saturated carbocycles. The van der Waals surface area contributed by atoms with Gasteiger partial charge in [0.1, 0.15) is 5.75 Å². The summed E-state index contributed by atoms with van der Waals surface area (Å²) in [6.07, 6.45) is 0. The molecular formula is C17H18N4O4S2. The van der Waals surface area contributed by atoms with Crippen LogP contribution >= 0.6 is 24.0 Å². The van der Waals surface area contributed by atoms with E-state index < -0.39 is 4.92 Å². The molecule has 0 heterocycles.